The van der Waals surface area contributed by atoms with Crippen molar-refractivity contribution in [3.05, 3.63) is 169 Å². The lowest BCUT2D eigenvalue weighted by atomic mass is 10.00. The number of likely N-dealkylation sites (N-methyl/N-ethyl adjacent to an activating group) is 2. The first-order valence-electron chi connectivity index (χ1n) is 30.1. The number of hydrogen-bond acceptors (Lipinski definition) is 20. The fourth-order valence-corrected chi connectivity index (χ4v) is 15.6. The lowest BCUT2D eigenvalue weighted by molar-refractivity contribution is -0.123. The lowest BCUT2D eigenvalue weighted by Crippen LogP contribution is -2.25. The maximum absolute atomic E-state index is 14.0. The average molecular weight is 1410 g/mol. The molecule has 99 heavy (non-hydrogen) atoms. The number of halogens is 1. The fraction of sp³-hybridized carbons (Fsp3) is 0.212. The Labute approximate surface area is 565 Å². The Bertz CT molecular complexity index is 5090. The first-order valence-corrected chi connectivity index (χ1v) is 34.5. The Morgan fingerprint density at radius 1 is 0.495 bits per heavy atom. The molecule has 0 unspecified atom stereocenters. The summed E-state index contributed by atoms with van der Waals surface area (Å²) in [7, 11) is -7.70. The lowest BCUT2D eigenvalue weighted by Gasteiger charge is -2.21. The number of hydrogen-bond donors (Lipinski definition) is 7. The fourth-order valence-electron chi connectivity index (χ4n) is 11.5. The SMILES string of the molecule is CN1CC=C(c2cn(S(=O)(=O)c3ccc4c(c3)NC(=O)CO4)c3cccnc23)CC1.CN1CC=C(c2cn(S(=O)(=O)c3ccc4c(c3)OCC(=O)N4)c3cccnc23)CC1.O=C1COc2ccc(S(=O)(=O)n3cc(C4=CCNCC4)c4cc(F)ccc43)cc2N1.O=CO.O=CO.O=CO. The molecule has 0 radical (unpaired) electrons. The summed E-state index contributed by atoms with van der Waals surface area (Å²) in [5.41, 5.74) is 9.41. The highest BCUT2D eigenvalue weighted by molar-refractivity contribution is 7.90. The number of pyridine rings is 2. The van der Waals surface area contributed by atoms with Gasteiger partial charge < -0.3 is 60.6 Å². The van der Waals surface area contributed by atoms with Crippen molar-refractivity contribution in [3.8, 4) is 17.2 Å². The zero-order valence-electron chi connectivity index (χ0n) is 52.8. The van der Waals surface area contributed by atoms with Crippen LogP contribution in [0.3, 0.4) is 0 Å². The van der Waals surface area contributed by atoms with Gasteiger partial charge in [-0.2, -0.15) is 0 Å². The molecule has 0 spiro atoms. The van der Waals surface area contributed by atoms with Gasteiger partial charge in [-0.3, -0.25) is 38.7 Å². The summed E-state index contributed by atoms with van der Waals surface area (Å²) in [6.07, 6.45) is 16.8. The summed E-state index contributed by atoms with van der Waals surface area (Å²) in [5, 5.41) is 32.4. The molecule has 516 valence electrons. The van der Waals surface area contributed by atoms with E-state index in [9.17, 15) is 44.0 Å². The standard InChI is InChI=1S/C21H18FN3O4S.2C21H20N4O4S.3CH2O2/c22-14-1-3-19-16(9-14)17(13-5-7-23-8-6-13)11-25(19)30(27,28)15-2-4-20-18(10-15)24-21(26)12-29-20;1-24-9-6-14(7-10-24)16-12-25(18-3-2-8-22-21(16)18)30(27,28)15-4-5-19-17(11-15)23-20(26)13-29-19;1-24-9-6-14(7-10-24)16-12-25(18-3-2-8-22-21(16)18)30(27,28)15-4-5-17-19(11-15)29-13-20(26)23-17;3*2-1-3/h1-5,9-11,23H,6-8,12H2,(H,24,26);2*2-6,8,11-12H,7,9-10,13H2,1H3,(H,23,26);3*1H,(H,2,3). The van der Waals surface area contributed by atoms with Crippen molar-refractivity contribution >= 4 is 134 Å². The van der Waals surface area contributed by atoms with Gasteiger partial charge in [0.1, 0.15) is 23.1 Å². The van der Waals surface area contributed by atoms with E-state index in [4.69, 9.17) is 43.9 Å². The number of ether oxygens (including phenoxy) is 3. The van der Waals surface area contributed by atoms with Gasteiger partial charge >= 0.3 is 0 Å². The van der Waals surface area contributed by atoms with Crippen molar-refractivity contribution in [2.24, 2.45) is 0 Å². The van der Waals surface area contributed by atoms with E-state index in [-0.39, 0.29) is 71.6 Å². The van der Waals surface area contributed by atoms with Crippen molar-refractivity contribution in [2.75, 3.05) is 89.1 Å². The summed E-state index contributed by atoms with van der Waals surface area (Å²) < 4.78 is 115. The number of nitrogens with zero attached hydrogens (tertiary/aromatic N) is 7. The molecule has 4 aromatic carbocycles. The van der Waals surface area contributed by atoms with E-state index in [1.165, 1.54) is 72.6 Å². The maximum atomic E-state index is 14.0. The van der Waals surface area contributed by atoms with Crippen LogP contribution in [0.25, 0.3) is 49.7 Å². The van der Waals surface area contributed by atoms with Crippen LogP contribution in [0.2, 0.25) is 0 Å². The molecule has 3 amide bonds. The molecule has 0 saturated carbocycles. The molecule has 29 nitrogen and oxygen atoms in total. The molecule has 5 aromatic heterocycles. The van der Waals surface area contributed by atoms with Gasteiger partial charge in [-0.15, -0.1) is 0 Å². The summed E-state index contributed by atoms with van der Waals surface area (Å²) in [6.45, 7) is 3.80. The van der Waals surface area contributed by atoms with Gasteiger partial charge in [-0.05, 0) is 148 Å². The highest BCUT2D eigenvalue weighted by Crippen LogP contribution is 2.39. The Morgan fingerprint density at radius 3 is 1.37 bits per heavy atom. The number of fused-ring (bicyclic) bond motifs is 6. The maximum Gasteiger partial charge on any atom is 0.290 e. The number of anilines is 3. The predicted octanol–water partition coefficient (Wildman–Crippen LogP) is 6.47. The molecule has 9 aromatic rings. The zero-order chi connectivity index (χ0) is 70.8. The molecular weight excluding hydrogens is 1350 g/mol. The van der Waals surface area contributed by atoms with Gasteiger partial charge in [0.2, 0.25) is 0 Å². The van der Waals surface area contributed by atoms with Crippen LogP contribution < -0.4 is 35.5 Å². The van der Waals surface area contributed by atoms with E-state index in [1.54, 1.807) is 67.4 Å². The Balaban J connectivity index is 0.000000151. The highest BCUT2D eigenvalue weighted by Gasteiger charge is 2.31. The number of aromatic nitrogens is 5. The van der Waals surface area contributed by atoms with Crippen LogP contribution in [0.15, 0.2) is 161 Å². The smallest absolute Gasteiger partial charge is 0.290 e. The Morgan fingerprint density at radius 2 is 0.919 bits per heavy atom. The van der Waals surface area contributed by atoms with Crippen LogP contribution in [0.5, 0.6) is 17.2 Å². The van der Waals surface area contributed by atoms with E-state index >= 15 is 0 Å². The minimum absolute atomic E-state index is 0.000819. The summed E-state index contributed by atoms with van der Waals surface area (Å²) in [6, 6.07) is 24.3. The molecule has 7 N–H and O–H groups in total. The number of nitrogens with one attached hydrogen (secondary N) is 4. The van der Waals surface area contributed by atoms with Gasteiger partial charge in [-0.1, -0.05) is 18.2 Å². The third kappa shape index (κ3) is 15.4. The molecule has 6 aliphatic rings. The molecule has 33 heteroatoms. The third-order valence-corrected chi connectivity index (χ3v) is 21.1. The normalized spacial score (nSPS) is 15.8. The monoisotopic (exact) mass is 1410 g/mol. The number of benzene rings is 4. The number of carbonyl (C=O) groups excluding carboxylic acids is 3. The Hall–Kier alpha value is -11.1. The van der Waals surface area contributed by atoms with E-state index in [0.29, 0.717) is 79.4 Å². The molecule has 15 rings (SSSR count). The van der Waals surface area contributed by atoms with Crippen LogP contribution in [-0.4, -0.2) is 183 Å². The van der Waals surface area contributed by atoms with Crippen LogP contribution in [0.4, 0.5) is 21.5 Å². The summed E-state index contributed by atoms with van der Waals surface area (Å²) >= 11 is 0. The van der Waals surface area contributed by atoms with Crippen molar-refractivity contribution in [3.63, 3.8) is 0 Å². The van der Waals surface area contributed by atoms with Crippen LogP contribution in [0.1, 0.15) is 36.0 Å². The van der Waals surface area contributed by atoms with E-state index in [2.05, 4.69) is 67.3 Å². The largest absolute Gasteiger partial charge is 0.483 e. The second-order valence-corrected chi connectivity index (χ2v) is 27.8. The highest BCUT2D eigenvalue weighted by atomic mass is 32.2. The summed E-state index contributed by atoms with van der Waals surface area (Å²) in [5.74, 6) is -0.163. The van der Waals surface area contributed by atoms with Crippen LogP contribution >= 0.6 is 0 Å². The van der Waals surface area contributed by atoms with E-state index < -0.39 is 35.9 Å². The van der Waals surface area contributed by atoms with Crippen molar-refractivity contribution < 1.29 is 87.9 Å². The topological polar surface area (TPSA) is 388 Å². The van der Waals surface area contributed by atoms with E-state index in [1.807, 2.05) is 6.08 Å². The second kappa shape index (κ2) is 30.5. The Kier molecular flexibility index (Phi) is 21.8. The molecule has 0 atom stereocenters. The van der Waals surface area contributed by atoms with Crippen LogP contribution in [0, 0.1) is 5.82 Å². The number of carboxylic acid groups (broad SMARTS) is 3. The first kappa shape index (κ1) is 70.7. The second-order valence-electron chi connectivity index (χ2n) is 22.4. The molecule has 0 bridgehead atoms. The van der Waals surface area contributed by atoms with Crippen molar-refractivity contribution in [2.45, 2.75) is 33.9 Å². The van der Waals surface area contributed by atoms with E-state index in [0.717, 1.165) is 79.8 Å². The van der Waals surface area contributed by atoms with Crippen molar-refractivity contribution in [1.82, 2.24) is 37.0 Å². The number of amides is 3. The van der Waals surface area contributed by atoms with Gasteiger partial charge in [0.15, 0.2) is 19.8 Å². The molecule has 11 heterocycles. The summed E-state index contributed by atoms with van der Waals surface area (Å²) in [4.78, 5) is 73.3. The molecular formula is C66H64FN11O18S3. The predicted molar refractivity (Wildman–Crippen MR) is 363 cm³/mol. The first-order chi connectivity index (χ1) is 47.5. The van der Waals surface area contributed by atoms with Crippen molar-refractivity contribution in [1.29, 1.82) is 0 Å². The third-order valence-electron chi connectivity index (χ3n) is 16.1. The van der Waals surface area contributed by atoms with Crippen LogP contribution in [-0.2, 0) is 58.8 Å². The number of carbonyl (C=O) groups is 6. The van der Waals surface area contributed by atoms with Gasteiger partial charge in [0.25, 0.3) is 67.2 Å². The zero-order valence-corrected chi connectivity index (χ0v) is 55.2. The number of rotatable bonds is 9. The average Bonchev–Trinajstić information content (AvgIpc) is 1.66. The molecule has 0 saturated heterocycles. The molecule has 0 fully saturated rings. The molecule has 6 aliphatic heterocycles. The van der Waals surface area contributed by atoms with Gasteiger partial charge in [-0.25, -0.2) is 41.6 Å². The minimum Gasteiger partial charge on any atom is -0.483 e. The minimum atomic E-state index is -4.00. The van der Waals surface area contributed by atoms with Gasteiger partial charge in [0, 0.05) is 91.9 Å². The molecule has 0 aliphatic carbocycles. The quantitative estimate of drug-likeness (QED) is 0.0761. The van der Waals surface area contributed by atoms with Gasteiger partial charge in [0.05, 0.1) is 59.3 Å².